The first-order valence-corrected chi connectivity index (χ1v) is 8.60. The van der Waals surface area contributed by atoms with Gasteiger partial charge >= 0.3 is 0 Å². The van der Waals surface area contributed by atoms with Crippen LogP contribution >= 0.6 is 0 Å². The predicted molar refractivity (Wildman–Crippen MR) is 91.8 cm³/mol. The number of carbonyl (C=O) groups excluding carboxylic acids is 1. The van der Waals surface area contributed by atoms with E-state index in [9.17, 15) is 9.90 Å². The van der Waals surface area contributed by atoms with Crippen molar-refractivity contribution in [1.82, 2.24) is 4.90 Å². The van der Waals surface area contributed by atoms with Crippen LogP contribution in [0.2, 0.25) is 0 Å². The van der Waals surface area contributed by atoms with E-state index in [2.05, 4.69) is 10.2 Å². The molecule has 0 saturated heterocycles. The average Bonchev–Trinajstić information content (AvgIpc) is 2.57. The number of benzene rings is 1. The van der Waals surface area contributed by atoms with Crippen LogP contribution < -0.4 is 10.1 Å². The Morgan fingerprint density at radius 3 is 2.57 bits per heavy atom. The summed E-state index contributed by atoms with van der Waals surface area (Å²) in [4.78, 5) is 14.4. The molecule has 0 heterocycles. The smallest absolute Gasteiger partial charge is 0.238 e. The van der Waals surface area contributed by atoms with Crippen LogP contribution in [0.1, 0.15) is 39.0 Å². The summed E-state index contributed by atoms with van der Waals surface area (Å²) >= 11 is 0. The van der Waals surface area contributed by atoms with Gasteiger partial charge in [0, 0.05) is 18.3 Å². The number of aliphatic hydroxyl groups excluding tert-OH is 1. The summed E-state index contributed by atoms with van der Waals surface area (Å²) in [6.45, 7) is 3.55. The molecule has 0 spiro atoms. The van der Waals surface area contributed by atoms with Crippen molar-refractivity contribution in [2.75, 3.05) is 31.6 Å². The lowest BCUT2D eigenvalue weighted by Gasteiger charge is -2.33. The molecule has 1 aliphatic rings. The minimum atomic E-state index is -0.0341. The highest BCUT2D eigenvalue weighted by atomic mass is 16.5. The summed E-state index contributed by atoms with van der Waals surface area (Å²) in [5.41, 5.74) is 0.769. The molecule has 0 aliphatic heterocycles. The maximum atomic E-state index is 12.3. The molecule has 0 unspecified atom stereocenters. The fraction of sp³-hybridized carbons (Fsp3) is 0.611. The van der Waals surface area contributed by atoms with Crippen LogP contribution in [0.15, 0.2) is 24.3 Å². The van der Waals surface area contributed by atoms with Gasteiger partial charge in [-0.15, -0.1) is 0 Å². The van der Waals surface area contributed by atoms with Crippen molar-refractivity contribution in [3.8, 4) is 5.75 Å². The first-order valence-electron chi connectivity index (χ1n) is 8.60. The lowest BCUT2D eigenvalue weighted by Crippen LogP contribution is -2.43. The predicted octanol–water partition coefficient (Wildman–Crippen LogP) is 2.65. The topological polar surface area (TPSA) is 61.8 Å². The maximum absolute atomic E-state index is 12.3. The summed E-state index contributed by atoms with van der Waals surface area (Å²) in [7, 11) is 0. The molecule has 5 nitrogen and oxygen atoms in total. The zero-order valence-corrected chi connectivity index (χ0v) is 14.0. The molecule has 1 amide bonds. The fourth-order valence-electron chi connectivity index (χ4n) is 3.15. The van der Waals surface area contributed by atoms with Crippen molar-refractivity contribution in [3.63, 3.8) is 0 Å². The van der Waals surface area contributed by atoms with Crippen LogP contribution in [0, 0.1) is 0 Å². The summed E-state index contributed by atoms with van der Waals surface area (Å²) in [6.07, 6.45) is 5.95. The van der Waals surface area contributed by atoms with Crippen molar-refractivity contribution in [2.24, 2.45) is 0 Å². The van der Waals surface area contributed by atoms with Gasteiger partial charge < -0.3 is 15.2 Å². The third-order valence-electron chi connectivity index (χ3n) is 4.27. The Morgan fingerprint density at radius 2 is 1.96 bits per heavy atom. The van der Waals surface area contributed by atoms with E-state index in [1.807, 2.05) is 31.2 Å². The minimum absolute atomic E-state index is 0.0341. The molecule has 0 aromatic heterocycles. The molecule has 2 rings (SSSR count). The summed E-state index contributed by atoms with van der Waals surface area (Å²) < 4.78 is 5.39. The molecule has 1 aromatic rings. The van der Waals surface area contributed by atoms with Crippen LogP contribution in [0.25, 0.3) is 0 Å². The van der Waals surface area contributed by atoms with Crippen LogP contribution in [-0.2, 0) is 4.79 Å². The van der Waals surface area contributed by atoms with E-state index in [-0.39, 0.29) is 12.5 Å². The maximum Gasteiger partial charge on any atom is 0.238 e. The SMILES string of the molecule is CCOc1ccc(NC(=O)CN(CCO)C2CCCCC2)cc1. The van der Waals surface area contributed by atoms with Gasteiger partial charge in [0.1, 0.15) is 5.75 Å². The Morgan fingerprint density at radius 1 is 1.26 bits per heavy atom. The quantitative estimate of drug-likeness (QED) is 0.773. The molecular weight excluding hydrogens is 292 g/mol. The van der Waals surface area contributed by atoms with E-state index in [0.29, 0.717) is 25.7 Å². The van der Waals surface area contributed by atoms with Gasteiger partial charge in [-0.3, -0.25) is 9.69 Å². The Labute approximate surface area is 138 Å². The number of amides is 1. The molecule has 1 aromatic carbocycles. The van der Waals surface area contributed by atoms with Gasteiger partial charge in [0.05, 0.1) is 19.8 Å². The zero-order valence-electron chi connectivity index (χ0n) is 14.0. The number of hydrogen-bond donors (Lipinski definition) is 2. The number of aliphatic hydroxyl groups is 1. The first-order chi connectivity index (χ1) is 11.2. The van der Waals surface area contributed by atoms with E-state index in [1.54, 1.807) is 0 Å². The van der Waals surface area contributed by atoms with Crippen molar-refractivity contribution >= 4 is 11.6 Å². The number of anilines is 1. The van der Waals surface area contributed by atoms with Gasteiger partial charge in [0.2, 0.25) is 5.91 Å². The second kappa shape index (κ2) is 9.53. The molecule has 0 bridgehead atoms. The van der Waals surface area contributed by atoms with Gasteiger partial charge in [0.15, 0.2) is 0 Å². The molecule has 0 radical (unpaired) electrons. The largest absolute Gasteiger partial charge is 0.494 e. The molecule has 0 atom stereocenters. The second-order valence-corrected chi connectivity index (χ2v) is 5.99. The highest BCUT2D eigenvalue weighted by Crippen LogP contribution is 2.22. The molecule has 1 aliphatic carbocycles. The Bertz CT molecular complexity index is 470. The number of nitrogens with one attached hydrogen (secondary N) is 1. The molecule has 2 N–H and O–H groups in total. The third kappa shape index (κ3) is 5.84. The molecule has 1 saturated carbocycles. The van der Waals surface area contributed by atoms with Crippen LogP contribution in [0.4, 0.5) is 5.69 Å². The van der Waals surface area contributed by atoms with Crippen molar-refractivity contribution < 1.29 is 14.6 Å². The van der Waals surface area contributed by atoms with Crippen LogP contribution in [-0.4, -0.2) is 48.3 Å². The van der Waals surface area contributed by atoms with E-state index in [0.717, 1.165) is 24.3 Å². The first kappa shape index (κ1) is 17.8. The van der Waals surface area contributed by atoms with Crippen LogP contribution in [0.3, 0.4) is 0 Å². The number of ether oxygens (including phenoxy) is 1. The summed E-state index contributed by atoms with van der Waals surface area (Å²) in [6, 6.07) is 7.82. The fourth-order valence-corrected chi connectivity index (χ4v) is 3.15. The molecule has 23 heavy (non-hydrogen) atoms. The van der Waals surface area contributed by atoms with Crippen LogP contribution in [0.5, 0.6) is 5.75 Å². The monoisotopic (exact) mass is 320 g/mol. The van der Waals surface area contributed by atoms with E-state index in [1.165, 1.54) is 19.3 Å². The summed E-state index contributed by atoms with van der Waals surface area (Å²) in [5, 5.41) is 12.2. The van der Waals surface area contributed by atoms with E-state index >= 15 is 0 Å². The van der Waals surface area contributed by atoms with Gasteiger partial charge in [0.25, 0.3) is 0 Å². The van der Waals surface area contributed by atoms with Gasteiger partial charge in [-0.2, -0.15) is 0 Å². The number of nitrogens with zero attached hydrogens (tertiary/aromatic N) is 1. The number of carbonyl (C=O) groups is 1. The number of rotatable bonds is 8. The van der Waals surface area contributed by atoms with Gasteiger partial charge in [-0.25, -0.2) is 0 Å². The van der Waals surface area contributed by atoms with Gasteiger partial charge in [-0.1, -0.05) is 19.3 Å². The molecular formula is C18H28N2O3. The molecule has 1 fully saturated rings. The standard InChI is InChI=1S/C18H28N2O3/c1-2-23-17-10-8-15(9-11-17)19-18(22)14-20(12-13-21)16-6-4-3-5-7-16/h8-11,16,21H,2-7,12-14H2,1H3,(H,19,22). The van der Waals surface area contributed by atoms with Crippen molar-refractivity contribution in [2.45, 2.75) is 45.1 Å². The lowest BCUT2D eigenvalue weighted by atomic mass is 9.94. The molecule has 128 valence electrons. The normalized spacial score (nSPS) is 15.6. The van der Waals surface area contributed by atoms with Crippen molar-refractivity contribution in [1.29, 1.82) is 0 Å². The lowest BCUT2D eigenvalue weighted by molar-refractivity contribution is -0.118. The Hall–Kier alpha value is -1.59. The van der Waals surface area contributed by atoms with E-state index < -0.39 is 0 Å². The highest BCUT2D eigenvalue weighted by molar-refractivity contribution is 5.92. The van der Waals surface area contributed by atoms with Crippen molar-refractivity contribution in [3.05, 3.63) is 24.3 Å². The molecule has 5 heteroatoms. The Kier molecular flexibility index (Phi) is 7.36. The minimum Gasteiger partial charge on any atom is -0.494 e. The third-order valence-corrected chi connectivity index (χ3v) is 4.27. The Balaban J connectivity index is 1.87. The van der Waals surface area contributed by atoms with Gasteiger partial charge in [-0.05, 0) is 44.0 Å². The average molecular weight is 320 g/mol. The highest BCUT2D eigenvalue weighted by Gasteiger charge is 2.22. The second-order valence-electron chi connectivity index (χ2n) is 5.99. The van der Waals surface area contributed by atoms with E-state index in [4.69, 9.17) is 4.74 Å². The summed E-state index contributed by atoms with van der Waals surface area (Å²) in [5.74, 6) is 0.766. The number of hydrogen-bond acceptors (Lipinski definition) is 4. The zero-order chi connectivity index (χ0) is 16.5.